The lowest BCUT2D eigenvalue weighted by Crippen LogP contribution is -2.04. The Balaban J connectivity index is 1.91. The smallest absolute Gasteiger partial charge is 0.122 e. The molecule has 76 valence electrons. The van der Waals surface area contributed by atoms with Crippen molar-refractivity contribution in [2.24, 2.45) is 5.92 Å². The highest BCUT2D eigenvalue weighted by molar-refractivity contribution is 5.52. The zero-order valence-corrected chi connectivity index (χ0v) is 8.50. The van der Waals surface area contributed by atoms with E-state index in [-0.39, 0.29) is 5.92 Å². The Morgan fingerprint density at radius 3 is 3.00 bits per heavy atom. The second-order valence-electron chi connectivity index (χ2n) is 4.03. The topological polar surface area (TPSA) is 26.3 Å². The molecule has 2 unspecified atom stereocenters. The first-order chi connectivity index (χ1) is 6.33. The molecule has 1 saturated heterocycles. The second-order valence-corrected chi connectivity index (χ2v) is 4.03. The molecule has 0 radical (unpaired) electrons. The predicted octanol–water partition coefficient (Wildman–Crippen LogP) is 2.56. The van der Waals surface area contributed by atoms with Gasteiger partial charge in [-0.1, -0.05) is 19.8 Å². The fraction of sp³-hybridized carbons (Fsp3) is 0.909. The number of carbonyl (C=O) groups is 1. The Morgan fingerprint density at radius 1 is 1.54 bits per heavy atom. The number of unbranched alkanes of at least 4 members (excludes halogenated alkanes) is 1. The minimum Gasteiger partial charge on any atom is -0.378 e. The van der Waals surface area contributed by atoms with Gasteiger partial charge >= 0.3 is 0 Å². The van der Waals surface area contributed by atoms with E-state index in [1.54, 1.807) is 0 Å². The van der Waals surface area contributed by atoms with Gasteiger partial charge in [0.1, 0.15) is 6.29 Å². The van der Waals surface area contributed by atoms with Crippen molar-refractivity contribution in [3.05, 3.63) is 0 Å². The molecule has 2 nitrogen and oxygen atoms in total. The van der Waals surface area contributed by atoms with E-state index in [2.05, 4.69) is 0 Å². The molecule has 0 saturated carbocycles. The number of hydrogen-bond acceptors (Lipinski definition) is 2. The van der Waals surface area contributed by atoms with Gasteiger partial charge in [-0.25, -0.2) is 0 Å². The van der Waals surface area contributed by atoms with Crippen LogP contribution >= 0.6 is 0 Å². The van der Waals surface area contributed by atoms with Gasteiger partial charge in [0.2, 0.25) is 0 Å². The lowest BCUT2D eigenvalue weighted by atomic mass is 10.0. The number of ether oxygens (including phenoxy) is 1. The molecule has 0 amide bonds. The van der Waals surface area contributed by atoms with E-state index in [0.29, 0.717) is 6.10 Å². The van der Waals surface area contributed by atoms with Crippen LogP contribution in [-0.4, -0.2) is 19.0 Å². The van der Waals surface area contributed by atoms with Crippen molar-refractivity contribution in [1.29, 1.82) is 0 Å². The summed E-state index contributed by atoms with van der Waals surface area (Å²) in [5, 5.41) is 0. The number of rotatable bonds is 6. The molecule has 1 fully saturated rings. The lowest BCUT2D eigenvalue weighted by Gasteiger charge is -2.08. The average molecular weight is 184 g/mol. The van der Waals surface area contributed by atoms with Crippen molar-refractivity contribution in [1.82, 2.24) is 0 Å². The normalized spacial score (nSPS) is 24.5. The summed E-state index contributed by atoms with van der Waals surface area (Å²) in [7, 11) is 0. The Bertz CT molecular complexity index is 139. The lowest BCUT2D eigenvalue weighted by molar-refractivity contribution is -0.110. The second kappa shape index (κ2) is 6.14. The Kier molecular flexibility index (Phi) is 5.06. The molecule has 0 bridgehead atoms. The van der Waals surface area contributed by atoms with E-state index in [1.165, 1.54) is 32.1 Å². The van der Waals surface area contributed by atoms with Crippen molar-refractivity contribution >= 4 is 6.29 Å². The minimum atomic E-state index is 0.240. The van der Waals surface area contributed by atoms with Gasteiger partial charge < -0.3 is 9.53 Å². The maximum atomic E-state index is 10.3. The zero-order chi connectivity index (χ0) is 9.52. The molecular formula is C11H20O2. The third kappa shape index (κ3) is 4.41. The molecular weight excluding hydrogens is 164 g/mol. The van der Waals surface area contributed by atoms with Gasteiger partial charge in [0, 0.05) is 12.5 Å². The third-order valence-corrected chi connectivity index (χ3v) is 2.69. The number of carbonyl (C=O) groups excluding carboxylic acids is 1. The maximum absolute atomic E-state index is 10.3. The van der Waals surface area contributed by atoms with Crippen molar-refractivity contribution in [2.45, 2.75) is 51.6 Å². The van der Waals surface area contributed by atoms with Crippen LogP contribution in [0.2, 0.25) is 0 Å². The quantitative estimate of drug-likeness (QED) is 0.468. The molecule has 1 heterocycles. The van der Waals surface area contributed by atoms with E-state index >= 15 is 0 Å². The SMILES string of the molecule is CC(C=O)CCCCC1CCCO1. The maximum Gasteiger partial charge on any atom is 0.122 e. The summed E-state index contributed by atoms with van der Waals surface area (Å²) in [6.45, 7) is 2.94. The van der Waals surface area contributed by atoms with Crippen LogP contribution in [0.3, 0.4) is 0 Å². The first kappa shape index (κ1) is 10.7. The van der Waals surface area contributed by atoms with Gasteiger partial charge in [-0.05, 0) is 25.7 Å². The van der Waals surface area contributed by atoms with E-state index < -0.39 is 0 Å². The molecule has 2 heteroatoms. The standard InChI is InChI=1S/C11H20O2/c1-10(9-12)5-2-3-6-11-7-4-8-13-11/h9-11H,2-8H2,1H3. The van der Waals surface area contributed by atoms with Crippen LogP contribution in [0.25, 0.3) is 0 Å². The Labute approximate surface area is 80.7 Å². The van der Waals surface area contributed by atoms with E-state index in [1.807, 2.05) is 6.92 Å². The fourth-order valence-electron chi connectivity index (χ4n) is 1.78. The summed E-state index contributed by atoms with van der Waals surface area (Å²) in [5.74, 6) is 0.240. The predicted molar refractivity (Wildman–Crippen MR) is 52.7 cm³/mol. The van der Waals surface area contributed by atoms with Gasteiger partial charge in [-0.15, -0.1) is 0 Å². The van der Waals surface area contributed by atoms with Gasteiger partial charge in [0.15, 0.2) is 0 Å². The Hall–Kier alpha value is -0.370. The molecule has 0 spiro atoms. The van der Waals surface area contributed by atoms with Crippen molar-refractivity contribution in [2.75, 3.05) is 6.61 Å². The van der Waals surface area contributed by atoms with Crippen molar-refractivity contribution in [3.8, 4) is 0 Å². The van der Waals surface area contributed by atoms with Crippen LogP contribution in [0.1, 0.15) is 45.4 Å². The summed E-state index contributed by atoms with van der Waals surface area (Å²) in [6, 6.07) is 0. The molecule has 0 N–H and O–H groups in total. The van der Waals surface area contributed by atoms with Gasteiger partial charge in [-0.2, -0.15) is 0 Å². The van der Waals surface area contributed by atoms with E-state index in [0.717, 1.165) is 19.3 Å². The van der Waals surface area contributed by atoms with Gasteiger partial charge in [-0.3, -0.25) is 0 Å². The van der Waals surface area contributed by atoms with Crippen LogP contribution in [-0.2, 0) is 9.53 Å². The first-order valence-electron chi connectivity index (χ1n) is 5.40. The minimum absolute atomic E-state index is 0.240. The molecule has 1 aliphatic rings. The average Bonchev–Trinajstić information content (AvgIpc) is 2.64. The summed E-state index contributed by atoms with van der Waals surface area (Å²) in [4.78, 5) is 10.3. The van der Waals surface area contributed by atoms with Crippen LogP contribution in [0.4, 0.5) is 0 Å². The fourth-order valence-corrected chi connectivity index (χ4v) is 1.78. The van der Waals surface area contributed by atoms with Gasteiger partial charge in [0.05, 0.1) is 6.10 Å². The highest BCUT2D eigenvalue weighted by atomic mass is 16.5. The first-order valence-corrected chi connectivity index (χ1v) is 5.40. The van der Waals surface area contributed by atoms with Crippen molar-refractivity contribution in [3.63, 3.8) is 0 Å². The molecule has 0 aliphatic carbocycles. The molecule has 0 aromatic rings. The zero-order valence-electron chi connectivity index (χ0n) is 8.50. The molecule has 0 aromatic carbocycles. The van der Waals surface area contributed by atoms with Crippen molar-refractivity contribution < 1.29 is 9.53 Å². The van der Waals surface area contributed by atoms with Crippen LogP contribution < -0.4 is 0 Å². The number of hydrogen-bond donors (Lipinski definition) is 0. The highest BCUT2D eigenvalue weighted by Gasteiger charge is 2.14. The van der Waals surface area contributed by atoms with Crippen LogP contribution in [0, 0.1) is 5.92 Å². The third-order valence-electron chi connectivity index (χ3n) is 2.69. The molecule has 13 heavy (non-hydrogen) atoms. The molecule has 2 atom stereocenters. The highest BCUT2D eigenvalue weighted by Crippen LogP contribution is 2.18. The van der Waals surface area contributed by atoms with Crippen LogP contribution in [0.5, 0.6) is 0 Å². The van der Waals surface area contributed by atoms with Crippen LogP contribution in [0.15, 0.2) is 0 Å². The summed E-state index contributed by atoms with van der Waals surface area (Å²) < 4.78 is 5.52. The van der Waals surface area contributed by atoms with E-state index in [4.69, 9.17) is 4.74 Å². The monoisotopic (exact) mass is 184 g/mol. The number of aldehydes is 1. The molecule has 1 aliphatic heterocycles. The summed E-state index contributed by atoms with van der Waals surface area (Å²) in [6.07, 6.45) is 8.64. The summed E-state index contributed by atoms with van der Waals surface area (Å²) >= 11 is 0. The molecule has 0 aromatic heterocycles. The van der Waals surface area contributed by atoms with E-state index in [9.17, 15) is 4.79 Å². The molecule has 1 rings (SSSR count). The largest absolute Gasteiger partial charge is 0.378 e. The summed E-state index contributed by atoms with van der Waals surface area (Å²) in [5.41, 5.74) is 0. The van der Waals surface area contributed by atoms with Gasteiger partial charge in [0.25, 0.3) is 0 Å². The Morgan fingerprint density at radius 2 is 2.38 bits per heavy atom.